The van der Waals surface area contributed by atoms with Crippen molar-refractivity contribution in [1.29, 1.82) is 0 Å². The molecule has 0 saturated carbocycles. The third kappa shape index (κ3) is 3.43. The number of anilines is 1. The Morgan fingerprint density at radius 1 is 0.944 bits per heavy atom. The van der Waals surface area contributed by atoms with E-state index in [1.165, 1.54) is 12.1 Å². The molecular weight excluding hydrogens is 477 g/mol. The van der Waals surface area contributed by atoms with Crippen LogP contribution in [0.25, 0.3) is 0 Å². The molecule has 184 valence electrons. The van der Waals surface area contributed by atoms with Gasteiger partial charge in [0, 0.05) is 22.9 Å². The fourth-order valence-corrected chi connectivity index (χ4v) is 4.95. The number of benzene rings is 3. The smallest absolute Gasteiger partial charge is 0.405 e. The molecule has 0 radical (unpaired) electrons. The maximum absolute atomic E-state index is 14.0. The number of nitrogens with one attached hydrogen (secondary N) is 1. The van der Waals surface area contributed by atoms with Crippen molar-refractivity contribution in [2.75, 3.05) is 24.8 Å². The van der Waals surface area contributed by atoms with Crippen LogP contribution in [-0.4, -0.2) is 37.9 Å². The number of amides is 2. The van der Waals surface area contributed by atoms with E-state index in [-0.39, 0.29) is 31.4 Å². The Hall–Kier alpha value is -4.21. The van der Waals surface area contributed by atoms with Crippen LogP contribution in [0.2, 0.25) is 0 Å². The summed E-state index contributed by atoms with van der Waals surface area (Å²) in [6.07, 6.45) is -4.49. The SMILES string of the molecule is O=C(NCC(F)(F)F)c1ccc(CN2C(=O)C3(COc4cc5c(cc43)OCO5)c3ccccc32)cc1. The van der Waals surface area contributed by atoms with Gasteiger partial charge in [0.05, 0.1) is 6.54 Å². The normalized spacial score (nSPS) is 19.3. The highest BCUT2D eigenvalue weighted by molar-refractivity contribution is 6.11. The van der Waals surface area contributed by atoms with Crippen molar-refractivity contribution in [3.63, 3.8) is 0 Å². The van der Waals surface area contributed by atoms with Crippen molar-refractivity contribution < 1.29 is 37.0 Å². The van der Waals surface area contributed by atoms with Gasteiger partial charge in [-0.15, -0.1) is 0 Å². The van der Waals surface area contributed by atoms with Crippen LogP contribution in [0.5, 0.6) is 17.2 Å². The van der Waals surface area contributed by atoms with Gasteiger partial charge in [-0.1, -0.05) is 30.3 Å². The second kappa shape index (κ2) is 7.91. The molecule has 7 nitrogen and oxygen atoms in total. The summed E-state index contributed by atoms with van der Waals surface area (Å²) in [5.41, 5.74) is 2.04. The second-order valence-electron chi connectivity index (χ2n) is 8.80. The van der Waals surface area contributed by atoms with Crippen LogP contribution in [0, 0.1) is 0 Å². The molecular formula is C26H19F3N2O5. The van der Waals surface area contributed by atoms with Crippen molar-refractivity contribution in [1.82, 2.24) is 5.32 Å². The Labute approximate surface area is 203 Å². The molecule has 1 unspecified atom stereocenters. The van der Waals surface area contributed by atoms with Gasteiger partial charge in [0.1, 0.15) is 24.3 Å². The molecule has 0 saturated heterocycles. The average molecular weight is 496 g/mol. The van der Waals surface area contributed by atoms with E-state index in [2.05, 4.69) is 0 Å². The Morgan fingerprint density at radius 3 is 2.42 bits per heavy atom. The highest BCUT2D eigenvalue weighted by Crippen LogP contribution is 2.55. The Bertz CT molecular complexity index is 1390. The van der Waals surface area contributed by atoms with Crippen molar-refractivity contribution in [2.45, 2.75) is 18.1 Å². The summed E-state index contributed by atoms with van der Waals surface area (Å²) in [6, 6.07) is 17.2. The molecule has 1 atom stereocenters. The summed E-state index contributed by atoms with van der Waals surface area (Å²) >= 11 is 0. The number of nitrogens with zero attached hydrogens (tertiary/aromatic N) is 1. The minimum absolute atomic E-state index is 0.0989. The Balaban J connectivity index is 1.29. The van der Waals surface area contributed by atoms with Gasteiger partial charge in [0.25, 0.3) is 5.91 Å². The minimum atomic E-state index is -4.49. The summed E-state index contributed by atoms with van der Waals surface area (Å²) in [6.45, 7) is -0.956. The molecule has 0 fully saturated rings. The van der Waals surface area contributed by atoms with E-state index in [1.54, 1.807) is 29.2 Å². The average Bonchev–Trinajstić information content (AvgIpc) is 3.54. The molecule has 0 bridgehead atoms. The molecule has 3 heterocycles. The summed E-state index contributed by atoms with van der Waals surface area (Å²) in [5.74, 6) is 0.716. The molecule has 6 rings (SSSR count). The standard InChI is InChI=1S/C26H19F3N2O5/c27-26(28,29)12-30-23(32)16-7-5-15(6-8-16)11-31-19-4-2-1-3-17(19)25(24(31)33)13-34-20-10-22-21(9-18(20)25)35-14-36-22/h1-10H,11-14H2,(H,30,32). The third-order valence-corrected chi connectivity index (χ3v) is 6.65. The number of alkyl halides is 3. The van der Waals surface area contributed by atoms with Gasteiger partial charge in [0.15, 0.2) is 11.5 Å². The Morgan fingerprint density at radius 2 is 1.67 bits per heavy atom. The van der Waals surface area contributed by atoms with E-state index in [1.807, 2.05) is 29.6 Å². The third-order valence-electron chi connectivity index (χ3n) is 6.65. The lowest BCUT2D eigenvalue weighted by Gasteiger charge is -2.23. The van der Waals surface area contributed by atoms with E-state index in [0.717, 1.165) is 11.3 Å². The van der Waals surface area contributed by atoms with Crippen LogP contribution in [0.15, 0.2) is 60.7 Å². The predicted molar refractivity (Wildman–Crippen MR) is 121 cm³/mol. The lowest BCUT2D eigenvalue weighted by atomic mass is 9.77. The van der Waals surface area contributed by atoms with Gasteiger partial charge < -0.3 is 24.4 Å². The van der Waals surface area contributed by atoms with Gasteiger partial charge in [-0.2, -0.15) is 13.2 Å². The van der Waals surface area contributed by atoms with Crippen LogP contribution >= 0.6 is 0 Å². The largest absolute Gasteiger partial charge is 0.491 e. The summed E-state index contributed by atoms with van der Waals surface area (Å²) in [5, 5.41) is 1.85. The van der Waals surface area contributed by atoms with E-state index >= 15 is 0 Å². The van der Waals surface area contributed by atoms with Crippen molar-refractivity contribution in [3.05, 3.63) is 82.9 Å². The first kappa shape index (κ1) is 22.3. The number of rotatable bonds is 4. The minimum Gasteiger partial charge on any atom is -0.491 e. The molecule has 3 aromatic rings. The summed E-state index contributed by atoms with van der Waals surface area (Å²) in [4.78, 5) is 27.7. The molecule has 0 aromatic heterocycles. The van der Waals surface area contributed by atoms with E-state index in [0.29, 0.717) is 28.4 Å². The van der Waals surface area contributed by atoms with Crippen molar-refractivity contribution in [2.24, 2.45) is 0 Å². The zero-order chi connectivity index (χ0) is 25.1. The number of fused-ring (bicyclic) bond motifs is 5. The van der Waals surface area contributed by atoms with E-state index < -0.39 is 24.0 Å². The lowest BCUT2D eigenvalue weighted by Crippen LogP contribution is -2.42. The summed E-state index contributed by atoms with van der Waals surface area (Å²) in [7, 11) is 0. The zero-order valence-corrected chi connectivity index (χ0v) is 18.7. The van der Waals surface area contributed by atoms with Crippen molar-refractivity contribution in [3.8, 4) is 17.2 Å². The lowest BCUT2D eigenvalue weighted by molar-refractivity contribution is -0.123. The van der Waals surface area contributed by atoms with Gasteiger partial charge in [-0.3, -0.25) is 9.59 Å². The fourth-order valence-electron chi connectivity index (χ4n) is 4.95. The summed E-state index contributed by atoms with van der Waals surface area (Å²) < 4.78 is 54.1. The van der Waals surface area contributed by atoms with Crippen molar-refractivity contribution >= 4 is 17.5 Å². The van der Waals surface area contributed by atoms with E-state index in [9.17, 15) is 22.8 Å². The number of ether oxygens (including phenoxy) is 3. The van der Waals surface area contributed by atoms with Crippen LogP contribution in [0.3, 0.4) is 0 Å². The highest BCUT2D eigenvalue weighted by Gasteiger charge is 2.57. The molecule has 3 aliphatic heterocycles. The fraction of sp³-hybridized carbons (Fsp3) is 0.231. The maximum Gasteiger partial charge on any atom is 0.405 e. The van der Waals surface area contributed by atoms with Gasteiger partial charge in [-0.05, 0) is 35.4 Å². The molecule has 10 heteroatoms. The van der Waals surface area contributed by atoms with E-state index in [4.69, 9.17) is 14.2 Å². The molecule has 36 heavy (non-hydrogen) atoms. The molecule has 2 amide bonds. The molecule has 0 aliphatic carbocycles. The predicted octanol–water partition coefficient (Wildman–Crippen LogP) is 3.93. The topological polar surface area (TPSA) is 77.1 Å². The number of hydrogen-bond acceptors (Lipinski definition) is 5. The first-order valence-electron chi connectivity index (χ1n) is 11.2. The first-order valence-corrected chi connectivity index (χ1v) is 11.2. The number of para-hydroxylation sites is 1. The second-order valence-corrected chi connectivity index (χ2v) is 8.80. The monoisotopic (exact) mass is 496 g/mol. The van der Waals surface area contributed by atoms with Gasteiger partial charge >= 0.3 is 6.18 Å². The molecule has 1 N–H and O–H groups in total. The Kier molecular flexibility index (Phi) is 4.89. The first-order chi connectivity index (χ1) is 17.3. The zero-order valence-electron chi connectivity index (χ0n) is 18.7. The number of halogens is 3. The number of carbonyl (C=O) groups excluding carboxylic acids is 2. The van der Waals surface area contributed by atoms with Gasteiger partial charge in [-0.25, -0.2) is 0 Å². The van der Waals surface area contributed by atoms with Gasteiger partial charge in [0.2, 0.25) is 12.7 Å². The highest BCUT2D eigenvalue weighted by atomic mass is 19.4. The van der Waals surface area contributed by atoms with Crippen LogP contribution in [0.4, 0.5) is 18.9 Å². The number of carbonyl (C=O) groups is 2. The van der Waals surface area contributed by atoms with Crippen LogP contribution < -0.4 is 24.4 Å². The molecule has 3 aliphatic rings. The van der Waals surface area contributed by atoms with Crippen LogP contribution in [-0.2, 0) is 16.8 Å². The quantitative estimate of drug-likeness (QED) is 0.593. The van der Waals surface area contributed by atoms with Crippen LogP contribution in [0.1, 0.15) is 27.0 Å². The number of hydrogen-bond donors (Lipinski definition) is 1. The maximum atomic E-state index is 14.0. The molecule has 1 spiro atoms. The molecule has 3 aromatic carbocycles.